The van der Waals surface area contributed by atoms with E-state index in [0.29, 0.717) is 0 Å². The number of allylic oxidation sites excluding steroid dienone is 1. The Labute approximate surface area is 137 Å². The summed E-state index contributed by atoms with van der Waals surface area (Å²) in [6, 6.07) is 11.9. The third-order valence-electron chi connectivity index (χ3n) is 2.82. The molecule has 1 aromatic carbocycles. The minimum atomic E-state index is -0.603. The summed E-state index contributed by atoms with van der Waals surface area (Å²) in [5.41, 5.74) is 0.844. The zero-order valence-corrected chi connectivity index (χ0v) is 12.8. The lowest BCUT2D eigenvalue weighted by atomic mass is 10.2. The van der Waals surface area contributed by atoms with Crippen LogP contribution < -0.4 is 0 Å². The van der Waals surface area contributed by atoms with Gasteiger partial charge in [0, 0.05) is 18.3 Å². The lowest BCUT2D eigenvalue weighted by molar-refractivity contribution is -0.384. The second-order valence-electron chi connectivity index (χ2n) is 4.68. The molecule has 0 unspecified atom stereocenters. The van der Waals surface area contributed by atoms with E-state index in [0.717, 1.165) is 11.6 Å². The van der Waals surface area contributed by atoms with Crippen LogP contribution in [0.5, 0.6) is 0 Å². The number of carbonyl (C=O) groups excluding carboxylic acids is 1. The van der Waals surface area contributed by atoms with E-state index >= 15 is 0 Å². The van der Waals surface area contributed by atoms with Crippen LogP contribution in [-0.4, -0.2) is 15.9 Å². The number of nitrogens with zero attached hydrogens (tertiary/aromatic N) is 4. The molecule has 0 radical (unpaired) electrons. The zero-order valence-electron chi connectivity index (χ0n) is 12.8. The summed E-state index contributed by atoms with van der Waals surface area (Å²) < 4.78 is 5.07. The lowest BCUT2D eigenvalue weighted by Gasteiger charge is -2.01. The molecule has 2 rings (SSSR count). The molecule has 0 aliphatic carbocycles. The van der Waals surface area contributed by atoms with E-state index in [9.17, 15) is 14.9 Å². The first kappa shape index (κ1) is 16.9. The molecule has 1 heterocycles. The van der Waals surface area contributed by atoms with Gasteiger partial charge < -0.3 is 4.74 Å². The van der Waals surface area contributed by atoms with Crippen molar-refractivity contribution < 1.29 is 14.5 Å². The number of benzene rings is 1. The van der Waals surface area contributed by atoms with Crippen LogP contribution in [0.25, 0.3) is 0 Å². The van der Waals surface area contributed by atoms with E-state index in [-0.39, 0.29) is 23.8 Å². The van der Waals surface area contributed by atoms with E-state index in [1.165, 1.54) is 25.3 Å². The fraction of sp³-hybridized carbons (Fsp3) is 0.125. The predicted molar refractivity (Wildman–Crippen MR) is 85.4 cm³/mol. The lowest BCUT2D eigenvalue weighted by Crippen LogP contribution is -2.01. The maximum atomic E-state index is 11.7. The second-order valence-corrected chi connectivity index (χ2v) is 4.68. The van der Waals surface area contributed by atoms with Crippen LogP contribution in [0.1, 0.15) is 12.5 Å². The summed E-state index contributed by atoms with van der Waals surface area (Å²) in [6.45, 7) is 1.67. The number of hydrogen-bond acceptors (Lipinski definition) is 7. The fourth-order valence-electron chi connectivity index (χ4n) is 1.70. The molecule has 24 heavy (non-hydrogen) atoms. The Morgan fingerprint density at radius 2 is 2.04 bits per heavy atom. The van der Waals surface area contributed by atoms with Crippen molar-refractivity contribution in [3.05, 3.63) is 76.1 Å². The van der Waals surface area contributed by atoms with Crippen LogP contribution in [-0.2, 0) is 16.1 Å². The van der Waals surface area contributed by atoms with Gasteiger partial charge >= 0.3 is 11.7 Å². The van der Waals surface area contributed by atoms with Crippen molar-refractivity contribution in [2.45, 2.75) is 13.5 Å². The molecule has 122 valence electrons. The van der Waals surface area contributed by atoms with Gasteiger partial charge in [0.2, 0.25) is 0 Å². The highest BCUT2D eigenvalue weighted by Gasteiger charge is 2.13. The number of nitro groups is 1. The first-order chi connectivity index (χ1) is 11.6. The van der Waals surface area contributed by atoms with Crippen molar-refractivity contribution >= 4 is 17.5 Å². The van der Waals surface area contributed by atoms with E-state index < -0.39 is 10.9 Å². The van der Waals surface area contributed by atoms with Crippen LogP contribution in [0.4, 0.5) is 11.5 Å². The third kappa shape index (κ3) is 5.09. The van der Waals surface area contributed by atoms with Crippen LogP contribution >= 0.6 is 0 Å². The molecule has 0 aliphatic heterocycles. The van der Waals surface area contributed by atoms with Crippen molar-refractivity contribution in [1.82, 2.24) is 4.98 Å². The van der Waals surface area contributed by atoms with Gasteiger partial charge in [0.05, 0.1) is 10.6 Å². The molecular weight excluding hydrogens is 312 g/mol. The zero-order chi connectivity index (χ0) is 17.4. The van der Waals surface area contributed by atoms with Gasteiger partial charge in [0.25, 0.3) is 5.82 Å². The summed E-state index contributed by atoms with van der Waals surface area (Å²) >= 11 is 0. The van der Waals surface area contributed by atoms with E-state index in [1.807, 2.05) is 30.3 Å². The molecule has 2 aromatic rings. The molecule has 0 aliphatic rings. The van der Waals surface area contributed by atoms with Crippen LogP contribution in [0.3, 0.4) is 0 Å². The van der Waals surface area contributed by atoms with Gasteiger partial charge in [0.15, 0.2) is 0 Å². The molecule has 0 saturated heterocycles. The number of azo groups is 1. The van der Waals surface area contributed by atoms with Gasteiger partial charge in [-0.05, 0) is 18.6 Å². The highest BCUT2D eigenvalue weighted by molar-refractivity contribution is 5.82. The number of hydrogen-bond donors (Lipinski definition) is 0. The average molecular weight is 326 g/mol. The maximum absolute atomic E-state index is 11.7. The minimum absolute atomic E-state index is 0.132. The van der Waals surface area contributed by atoms with Gasteiger partial charge in [0.1, 0.15) is 6.61 Å². The Balaban J connectivity index is 1.98. The molecule has 0 bridgehead atoms. The Hall–Kier alpha value is -3.42. The molecule has 0 atom stereocenters. The monoisotopic (exact) mass is 326 g/mol. The normalized spacial score (nSPS) is 11.5. The highest BCUT2D eigenvalue weighted by Crippen LogP contribution is 2.24. The Morgan fingerprint density at radius 3 is 2.75 bits per heavy atom. The highest BCUT2D eigenvalue weighted by atomic mass is 16.6. The minimum Gasteiger partial charge on any atom is -0.458 e. The molecule has 8 heteroatoms. The van der Waals surface area contributed by atoms with Crippen LogP contribution in [0.2, 0.25) is 0 Å². The molecule has 0 N–H and O–H groups in total. The number of aromatic nitrogens is 1. The van der Waals surface area contributed by atoms with Gasteiger partial charge in [-0.15, -0.1) is 5.11 Å². The van der Waals surface area contributed by atoms with E-state index in [2.05, 4.69) is 15.2 Å². The average Bonchev–Trinajstić information content (AvgIpc) is 2.59. The van der Waals surface area contributed by atoms with Crippen LogP contribution in [0, 0.1) is 10.1 Å². The molecule has 0 saturated carbocycles. The molecular formula is C16H14N4O4. The van der Waals surface area contributed by atoms with Crippen molar-refractivity contribution in [1.29, 1.82) is 0 Å². The van der Waals surface area contributed by atoms with Gasteiger partial charge in [-0.2, -0.15) is 5.11 Å². The summed E-state index contributed by atoms with van der Waals surface area (Å²) in [6.07, 6.45) is 2.52. The molecule has 0 spiro atoms. The SMILES string of the molecule is CC(=CC(=O)OCc1ccccc1)N=Nc1ncccc1[N+](=O)[O-]. The van der Waals surface area contributed by atoms with Crippen LogP contribution in [0.15, 0.2) is 70.7 Å². The van der Waals surface area contributed by atoms with Gasteiger partial charge in [-0.3, -0.25) is 10.1 Å². The topological polar surface area (TPSA) is 107 Å². The largest absolute Gasteiger partial charge is 0.458 e. The quantitative estimate of drug-likeness (QED) is 0.264. The number of ether oxygens (including phenoxy) is 1. The van der Waals surface area contributed by atoms with Crippen molar-refractivity contribution in [3.63, 3.8) is 0 Å². The Kier molecular flexibility index (Phi) is 5.84. The molecule has 0 amide bonds. The second kappa shape index (κ2) is 8.28. The third-order valence-corrected chi connectivity index (χ3v) is 2.82. The summed E-state index contributed by atoms with van der Waals surface area (Å²) in [7, 11) is 0. The Bertz CT molecular complexity index is 788. The summed E-state index contributed by atoms with van der Waals surface area (Å²) in [5, 5.41) is 18.3. The van der Waals surface area contributed by atoms with Gasteiger partial charge in [-0.1, -0.05) is 30.3 Å². The first-order valence-corrected chi connectivity index (χ1v) is 6.96. The number of rotatable bonds is 6. The number of pyridine rings is 1. The predicted octanol–water partition coefficient (Wildman–Crippen LogP) is 3.72. The fourth-order valence-corrected chi connectivity index (χ4v) is 1.70. The van der Waals surface area contributed by atoms with Crippen molar-refractivity contribution in [2.24, 2.45) is 10.2 Å². The number of esters is 1. The summed E-state index contributed by atoms with van der Waals surface area (Å²) in [4.78, 5) is 25.7. The Morgan fingerprint density at radius 1 is 1.29 bits per heavy atom. The summed E-state index contributed by atoms with van der Waals surface area (Å²) in [5.74, 6) is -0.710. The smallest absolute Gasteiger partial charge is 0.332 e. The standard InChI is InChI=1S/C16H14N4O4/c1-12(10-15(21)24-11-13-6-3-2-4-7-13)18-19-16-14(20(22)23)8-5-9-17-16/h2-10H,11H2,1H3. The van der Waals surface area contributed by atoms with Crippen molar-refractivity contribution in [2.75, 3.05) is 0 Å². The van der Waals surface area contributed by atoms with E-state index in [4.69, 9.17) is 4.74 Å². The molecule has 0 fully saturated rings. The maximum Gasteiger partial charge on any atom is 0.332 e. The van der Waals surface area contributed by atoms with E-state index in [1.54, 1.807) is 0 Å². The van der Waals surface area contributed by atoms with Crippen molar-refractivity contribution in [3.8, 4) is 0 Å². The molecule has 8 nitrogen and oxygen atoms in total. The molecule has 1 aromatic heterocycles. The van der Waals surface area contributed by atoms with Gasteiger partial charge in [-0.25, -0.2) is 9.78 Å². The first-order valence-electron chi connectivity index (χ1n) is 6.96. The number of carbonyl (C=O) groups is 1.